The lowest BCUT2D eigenvalue weighted by atomic mass is 10.2. The average molecular weight is 380 g/mol. The second-order valence-corrected chi connectivity index (χ2v) is 6.23. The number of carbonyl (C=O) groups excluding carboxylic acids is 1. The number of carboxylic acids is 1. The molecule has 1 N–H and O–H groups in total. The van der Waals surface area contributed by atoms with Crippen molar-refractivity contribution >= 4 is 11.9 Å². The summed E-state index contributed by atoms with van der Waals surface area (Å²) < 4.78 is 31.1. The largest absolute Gasteiger partial charge is 0.480 e. The fraction of sp³-hybridized carbons (Fsp3) is 0.882. The molecule has 0 radical (unpaired) electrons. The molecule has 0 heterocycles. The number of carboxylic acid groups (broad SMARTS) is 1. The summed E-state index contributed by atoms with van der Waals surface area (Å²) in [6, 6.07) is 0. The smallest absolute Gasteiger partial charge is 0.329 e. The van der Waals surface area contributed by atoms with Crippen LogP contribution in [0.2, 0.25) is 0 Å². The topological polar surface area (TPSA) is 110 Å². The molecule has 0 aliphatic carbocycles. The highest BCUT2D eigenvalue weighted by molar-refractivity contribution is 5.69. The molecule has 0 aliphatic heterocycles. The normalized spacial score (nSPS) is 11.5. The Hall–Kier alpha value is -1.26. The summed E-state index contributed by atoms with van der Waals surface area (Å²) in [4.78, 5) is 21.6. The number of hydrogen-bond donors (Lipinski definition) is 1. The van der Waals surface area contributed by atoms with Crippen LogP contribution in [0, 0.1) is 0 Å². The maximum absolute atomic E-state index is 11.4. The summed E-state index contributed by atoms with van der Waals surface area (Å²) in [6.07, 6.45) is 0.224. The van der Waals surface area contributed by atoms with E-state index in [1.807, 2.05) is 20.8 Å². The predicted molar refractivity (Wildman–Crippen MR) is 92.2 cm³/mol. The van der Waals surface area contributed by atoms with E-state index in [2.05, 4.69) is 0 Å². The molecule has 0 unspecified atom stereocenters. The standard InChI is InChI=1S/C17H32O9/c1-17(2,3)26-16(20)4-5-21-6-7-22-8-9-23-10-11-24-12-13-25-14-15(18)19/h4-14H2,1-3H3,(H,18,19). The minimum absolute atomic E-state index is 0.224. The highest BCUT2D eigenvalue weighted by atomic mass is 16.6. The van der Waals surface area contributed by atoms with Gasteiger partial charge in [-0.1, -0.05) is 0 Å². The fourth-order valence-electron chi connectivity index (χ4n) is 1.59. The summed E-state index contributed by atoms with van der Waals surface area (Å²) >= 11 is 0. The third-order valence-electron chi connectivity index (χ3n) is 2.58. The van der Waals surface area contributed by atoms with Crippen LogP contribution in [0.3, 0.4) is 0 Å². The molecule has 9 nitrogen and oxygen atoms in total. The van der Waals surface area contributed by atoms with Gasteiger partial charge < -0.3 is 33.5 Å². The zero-order valence-electron chi connectivity index (χ0n) is 16.0. The lowest BCUT2D eigenvalue weighted by molar-refractivity contribution is -0.156. The predicted octanol–water partition coefficient (Wildman–Crippen LogP) is 0.886. The van der Waals surface area contributed by atoms with Gasteiger partial charge in [0.05, 0.1) is 65.9 Å². The van der Waals surface area contributed by atoms with Gasteiger partial charge in [0.2, 0.25) is 0 Å². The number of hydrogen-bond acceptors (Lipinski definition) is 8. The van der Waals surface area contributed by atoms with Crippen molar-refractivity contribution in [1.29, 1.82) is 0 Å². The van der Waals surface area contributed by atoms with E-state index in [4.69, 9.17) is 33.5 Å². The van der Waals surface area contributed by atoms with Crippen LogP contribution < -0.4 is 0 Å². The Morgan fingerprint density at radius 2 is 1.08 bits per heavy atom. The van der Waals surface area contributed by atoms with Crippen molar-refractivity contribution < 1.29 is 43.1 Å². The molecule has 154 valence electrons. The Morgan fingerprint density at radius 3 is 1.46 bits per heavy atom. The van der Waals surface area contributed by atoms with Gasteiger partial charge in [-0.3, -0.25) is 4.79 Å². The first-order chi connectivity index (χ1) is 12.3. The van der Waals surface area contributed by atoms with Gasteiger partial charge in [0.25, 0.3) is 0 Å². The average Bonchev–Trinajstić information content (AvgIpc) is 2.52. The van der Waals surface area contributed by atoms with E-state index in [1.54, 1.807) is 0 Å². The fourth-order valence-corrected chi connectivity index (χ4v) is 1.59. The summed E-state index contributed by atoms with van der Waals surface area (Å²) in [7, 11) is 0. The van der Waals surface area contributed by atoms with Crippen molar-refractivity contribution in [3.63, 3.8) is 0 Å². The molecule has 0 amide bonds. The molecule has 26 heavy (non-hydrogen) atoms. The van der Waals surface area contributed by atoms with Crippen molar-refractivity contribution in [2.75, 3.05) is 66.1 Å². The van der Waals surface area contributed by atoms with Gasteiger partial charge in [-0.2, -0.15) is 0 Å². The third-order valence-corrected chi connectivity index (χ3v) is 2.58. The van der Waals surface area contributed by atoms with Crippen LogP contribution in [0.15, 0.2) is 0 Å². The molecule has 0 aromatic carbocycles. The molecule has 0 saturated carbocycles. The number of ether oxygens (including phenoxy) is 6. The van der Waals surface area contributed by atoms with Gasteiger partial charge in [0.15, 0.2) is 0 Å². The van der Waals surface area contributed by atoms with E-state index in [0.29, 0.717) is 52.9 Å². The highest BCUT2D eigenvalue weighted by Crippen LogP contribution is 2.07. The van der Waals surface area contributed by atoms with Crippen molar-refractivity contribution in [3.05, 3.63) is 0 Å². The quantitative estimate of drug-likeness (QED) is 0.290. The summed E-state index contributed by atoms with van der Waals surface area (Å²) in [5, 5.41) is 8.35. The molecule has 0 saturated heterocycles. The number of esters is 1. The molecule has 0 rings (SSSR count). The molecule has 0 fully saturated rings. The van der Waals surface area contributed by atoms with Gasteiger partial charge in [-0.15, -0.1) is 0 Å². The molecular formula is C17H32O9. The van der Waals surface area contributed by atoms with Gasteiger partial charge >= 0.3 is 11.9 Å². The molecule has 0 aromatic rings. The summed E-state index contributed by atoms with van der Waals surface area (Å²) in [5.74, 6) is -1.27. The van der Waals surface area contributed by atoms with Gasteiger partial charge in [-0.25, -0.2) is 4.79 Å². The van der Waals surface area contributed by atoms with Crippen LogP contribution in [-0.4, -0.2) is 88.7 Å². The number of carbonyl (C=O) groups is 2. The molecule has 0 aromatic heterocycles. The zero-order valence-corrected chi connectivity index (χ0v) is 16.0. The Balaban J connectivity index is 3.16. The SMILES string of the molecule is CC(C)(C)OC(=O)CCOCCOCCOCCOCCOCC(=O)O. The highest BCUT2D eigenvalue weighted by Gasteiger charge is 2.15. The lowest BCUT2D eigenvalue weighted by Gasteiger charge is -2.19. The Bertz CT molecular complexity index is 366. The molecule has 0 spiro atoms. The van der Waals surface area contributed by atoms with Gasteiger partial charge in [0, 0.05) is 0 Å². The van der Waals surface area contributed by atoms with E-state index in [9.17, 15) is 9.59 Å². The molecule has 0 aliphatic rings. The monoisotopic (exact) mass is 380 g/mol. The minimum atomic E-state index is -0.998. The van der Waals surface area contributed by atoms with Gasteiger partial charge in [-0.05, 0) is 20.8 Å². The number of aliphatic carboxylic acids is 1. The first kappa shape index (κ1) is 24.7. The first-order valence-electron chi connectivity index (χ1n) is 8.63. The number of rotatable bonds is 17. The second-order valence-electron chi connectivity index (χ2n) is 6.23. The van der Waals surface area contributed by atoms with Crippen molar-refractivity contribution in [3.8, 4) is 0 Å². The van der Waals surface area contributed by atoms with Crippen molar-refractivity contribution in [1.82, 2.24) is 0 Å². The van der Waals surface area contributed by atoms with Crippen molar-refractivity contribution in [2.45, 2.75) is 32.8 Å². The molecular weight excluding hydrogens is 348 g/mol. The lowest BCUT2D eigenvalue weighted by Crippen LogP contribution is -2.24. The van der Waals surface area contributed by atoms with E-state index in [0.717, 1.165) is 0 Å². The van der Waals surface area contributed by atoms with E-state index in [1.165, 1.54) is 0 Å². The second kappa shape index (κ2) is 16.0. The molecule has 0 bridgehead atoms. The van der Waals surface area contributed by atoms with Crippen LogP contribution in [0.4, 0.5) is 0 Å². The third kappa shape index (κ3) is 20.8. The van der Waals surface area contributed by atoms with Crippen LogP contribution in [0.5, 0.6) is 0 Å². The van der Waals surface area contributed by atoms with Crippen LogP contribution in [0.1, 0.15) is 27.2 Å². The van der Waals surface area contributed by atoms with Crippen LogP contribution in [0.25, 0.3) is 0 Å². The maximum atomic E-state index is 11.4. The maximum Gasteiger partial charge on any atom is 0.329 e. The minimum Gasteiger partial charge on any atom is -0.480 e. The zero-order chi connectivity index (χ0) is 19.7. The van der Waals surface area contributed by atoms with E-state index in [-0.39, 0.29) is 25.6 Å². The Labute approximate surface area is 154 Å². The Kier molecular flexibility index (Phi) is 15.2. The molecule has 9 heteroatoms. The first-order valence-corrected chi connectivity index (χ1v) is 8.63. The van der Waals surface area contributed by atoms with Crippen molar-refractivity contribution in [2.24, 2.45) is 0 Å². The summed E-state index contributed by atoms with van der Waals surface area (Å²) in [5.41, 5.74) is -0.473. The van der Waals surface area contributed by atoms with Crippen LogP contribution >= 0.6 is 0 Å². The van der Waals surface area contributed by atoms with Gasteiger partial charge in [0.1, 0.15) is 12.2 Å². The summed E-state index contributed by atoms with van der Waals surface area (Å²) in [6.45, 7) is 8.57. The Morgan fingerprint density at radius 1 is 0.692 bits per heavy atom. The van der Waals surface area contributed by atoms with E-state index < -0.39 is 11.6 Å². The van der Waals surface area contributed by atoms with E-state index >= 15 is 0 Å². The van der Waals surface area contributed by atoms with Crippen LogP contribution in [-0.2, 0) is 38.0 Å². The molecule has 0 atom stereocenters.